The van der Waals surface area contributed by atoms with Gasteiger partial charge in [-0.3, -0.25) is 4.79 Å². The average Bonchev–Trinajstić information content (AvgIpc) is 3.05. The molecular formula is C21H33N3O3. The van der Waals surface area contributed by atoms with Gasteiger partial charge in [-0.2, -0.15) is 0 Å². The van der Waals surface area contributed by atoms with Crippen molar-refractivity contribution >= 4 is 12.0 Å². The molecule has 1 fully saturated rings. The monoisotopic (exact) mass is 375 g/mol. The van der Waals surface area contributed by atoms with Gasteiger partial charge in [0, 0.05) is 32.1 Å². The molecular weight excluding hydrogens is 342 g/mol. The maximum absolute atomic E-state index is 12.3. The normalized spacial score (nSPS) is 18.4. The molecule has 2 unspecified atom stereocenters. The second kappa shape index (κ2) is 10.9. The number of urea groups is 1. The van der Waals surface area contributed by atoms with Gasteiger partial charge in [-0.25, -0.2) is 4.79 Å². The maximum atomic E-state index is 12.3. The Morgan fingerprint density at radius 2 is 2.00 bits per heavy atom. The summed E-state index contributed by atoms with van der Waals surface area (Å²) in [6, 6.07) is 9.44. The number of benzene rings is 1. The van der Waals surface area contributed by atoms with Crippen molar-refractivity contribution in [2.75, 3.05) is 26.2 Å². The van der Waals surface area contributed by atoms with E-state index < -0.39 is 5.97 Å². The zero-order valence-electron chi connectivity index (χ0n) is 16.5. The van der Waals surface area contributed by atoms with Gasteiger partial charge in [0.2, 0.25) is 0 Å². The average molecular weight is 376 g/mol. The van der Waals surface area contributed by atoms with Crippen molar-refractivity contribution in [3.63, 3.8) is 0 Å². The molecule has 0 spiro atoms. The Hall–Kier alpha value is -2.08. The largest absolute Gasteiger partial charge is 0.481 e. The van der Waals surface area contributed by atoms with Gasteiger partial charge in [0.1, 0.15) is 0 Å². The van der Waals surface area contributed by atoms with Gasteiger partial charge in [-0.05, 0) is 43.2 Å². The minimum atomic E-state index is -0.841. The Kier molecular flexibility index (Phi) is 8.58. The zero-order valence-corrected chi connectivity index (χ0v) is 16.5. The van der Waals surface area contributed by atoms with Crippen LogP contribution in [0.3, 0.4) is 0 Å². The zero-order chi connectivity index (χ0) is 19.6. The number of nitrogens with one attached hydrogen (secondary N) is 2. The Labute approximate surface area is 162 Å². The summed E-state index contributed by atoms with van der Waals surface area (Å²) in [4.78, 5) is 25.7. The Morgan fingerprint density at radius 3 is 2.67 bits per heavy atom. The predicted molar refractivity (Wildman–Crippen MR) is 107 cm³/mol. The SMILES string of the molecule is CC(C)CN1CCC(CNC(=O)NC(CCC(=O)O)Cc2ccccc2)C1. The van der Waals surface area contributed by atoms with E-state index >= 15 is 0 Å². The number of likely N-dealkylation sites (tertiary alicyclic amines) is 1. The fourth-order valence-electron chi connectivity index (χ4n) is 3.66. The molecule has 1 heterocycles. The van der Waals surface area contributed by atoms with Crippen LogP contribution in [0.1, 0.15) is 38.7 Å². The Morgan fingerprint density at radius 1 is 1.26 bits per heavy atom. The Balaban J connectivity index is 1.78. The number of hydrogen-bond acceptors (Lipinski definition) is 3. The number of aliphatic carboxylic acids is 1. The van der Waals surface area contributed by atoms with Crippen molar-refractivity contribution in [1.29, 1.82) is 0 Å². The van der Waals surface area contributed by atoms with E-state index in [4.69, 9.17) is 5.11 Å². The van der Waals surface area contributed by atoms with Crippen molar-refractivity contribution in [3.8, 4) is 0 Å². The molecule has 1 aliphatic heterocycles. The number of hydrogen-bond donors (Lipinski definition) is 3. The molecule has 1 aromatic carbocycles. The summed E-state index contributed by atoms with van der Waals surface area (Å²) in [6.45, 7) is 8.35. The second-order valence-corrected chi connectivity index (χ2v) is 7.98. The molecule has 0 saturated carbocycles. The highest BCUT2D eigenvalue weighted by Crippen LogP contribution is 2.16. The van der Waals surface area contributed by atoms with E-state index in [2.05, 4.69) is 29.4 Å². The van der Waals surface area contributed by atoms with Crippen LogP contribution in [0.15, 0.2) is 30.3 Å². The summed E-state index contributed by atoms with van der Waals surface area (Å²) in [7, 11) is 0. The molecule has 6 heteroatoms. The summed E-state index contributed by atoms with van der Waals surface area (Å²) >= 11 is 0. The summed E-state index contributed by atoms with van der Waals surface area (Å²) in [6.07, 6.45) is 2.21. The van der Waals surface area contributed by atoms with Crippen LogP contribution in [-0.2, 0) is 11.2 Å². The predicted octanol–water partition coefficient (Wildman–Crippen LogP) is 2.74. The first-order chi connectivity index (χ1) is 12.9. The fourth-order valence-corrected chi connectivity index (χ4v) is 3.66. The molecule has 27 heavy (non-hydrogen) atoms. The molecule has 1 aromatic rings. The van der Waals surface area contributed by atoms with E-state index in [0.717, 1.165) is 31.6 Å². The highest BCUT2D eigenvalue weighted by Gasteiger charge is 2.23. The third-order valence-corrected chi connectivity index (χ3v) is 4.91. The molecule has 0 aromatic heterocycles. The van der Waals surface area contributed by atoms with E-state index in [1.807, 2.05) is 30.3 Å². The van der Waals surface area contributed by atoms with E-state index in [0.29, 0.717) is 31.2 Å². The van der Waals surface area contributed by atoms with E-state index in [1.54, 1.807) is 0 Å². The number of carboxylic acid groups (broad SMARTS) is 1. The first-order valence-electron chi connectivity index (χ1n) is 9.94. The van der Waals surface area contributed by atoms with Crippen molar-refractivity contribution in [1.82, 2.24) is 15.5 Å². The lowest BCUT2D eigenvalue weighted by atomic mass is 10.0. The highest BCUT2D eigenvalue weighted by atomic mass is 16.4. The van der Waals surface area contributed by atoms with Gasteiger partial charge in [-0.15, -0.1) is 0 Å². The molecule has 3 N–H and O–H groups in total. The number of rotatable bonds is 10. The van der Waals surface area contributed by atoms with Crippen LogP contribution in [0.25, 0.3) is 0 Å². The van der Waals surface area contributed by atoms with E-state index in [1.165, 1.54) is 0 Å². The van der Waals surface area contributed by atoms with Crippen LogP contribution in [0.2, 0.25) is 0 Å². The van der Waals surface area contributed by atoms with Crippen molar-refractivity contribution < 1.29 is 14.7 Å². The number of amides is 2. The fraction of sp³-hybridized carbons (Fsp3) is 0.619. The molecule has 6 nitrogen and oxygen atoms in total. The maximum Gasteiger partial charge on any atom is 0.315 e. The van der Waals surface area contributed by atoms with Crippen LogP contribution in [0.5, 0.6) is 0 Å². The molecule has 2 atom stereocenters. The first kappa shape index (κ1) is 21.2. The van der Waals surface area contributed by atoms with Gasteiger partial charge in [-0.1, -0.05) is 44.2 Å². The van der Waals surface area contributed by atoms with E-state index in [-0.39, 0.29) is 18.5 Å². The molecule has 1 saturated heterocycles. The van der Waals surface area contributed by atoms with Gasteiger partial charge in [0.15, 0.2) is 0 Å². The second-order valence-electron chi connectivity index (χ2n) is 7.98. The van der Waals surface area contributed by atoms with Crippen molar-refractivity contribution in [2.24, 2.45) is 11.8 Å². The summed E-state index contributed by atoms with van der Waals surface area (Å²) in [5, 5.41) is 14.9. The van der Waals surface area contributed by atoms with Gasteiger partial charge < -0.3 is 20.6 Å². The standard InChI is InChI=1S/C21H33N3O3/c1-16(2)14-24-11-10-18(15-24)13-22-21(27)23-19(8-9-20(25)26)12-17-6-4-3-5-7-17/h3-7,16,18-19H,8-15H2,1-2H3,(H,25,26)(H2,22,23,27). The lowest BCUT2D eigenvalue weighted by molar-refractivity contribution is -0.137. The van der Waals surface area contributed by atoms with Crippen LogP contribution >= 0.6 is 0 Å². The molecule has 2 rings (SSSR count). The lowest BCUT2D eigenvalue weighted by Gasteiger charge is -2.20. The number of carboxylic acids is 1. The van der Waals surface area contributed by atoms with Crippen LogP contribution in [-0.4, -0.2) is 54.2 Å². The Bertz CT molecular complexity index is 592. The lowest BCUT2D eigenvalue weighted by Crippen LogP contribution is -2.45. The quantitative estimate of drug-likeness (QED) is 0.587. The van der Waals surface area contributed by atoms with Crippen molar-refractivity contribution in [3.05, 3.63) is 35.9 Å². The molecule has 0 radical (unpaired) electrons. The third kappa shape index (κ3) is 8.43. The minimum Gasteiger partial charge on any atom is -0.481 e. The third-order valence-electron chi connectivity index (χ3n) is 4.91. The number of carbonyl (C=O) groups excluding carboxylic acids is 1. The van der Waals surface area contributed by atoms with Gasteiger partial charge in [0.05, 0.1) is 0 Å². The molecule has 1 aliphatic rings. The highest BCUT2D eigenvalue weighted by molar-refractivity contribution is 5.74. The summed E-state index contributed by atoms with van der Waals surface area (Å²) in [5.41, 5.74) is 1.09. The number of nitrogens with zero attached hydrogens (tertiary/aromatic N) is 1. The number of carbonyl (C=O) groups is 2. The van der Waals surface area contributed by atoms with Crippen LogP contribution in [0, 0.1) is 11.8 Å². The molecule has 2 amide bonds. The topological polar surface area (TPSA) is 81.7 Å². The van der Waals surface area contributed by atoms with Crippen LogP contribution < -0.4 is 10.6 Å². The van der Waals surface area contributed by atoms with Gasteiger partial charge in [0.25, 0.3) is 0 Å². The summed E-state index contributed by atoms with van der Waals surface area (Å²) in [5.74, 6) is 0.306. The van der Waals surface area contributed by atoms with Gasteiger partial charge >= 0.3 is 12.0 Å². The smallest absolute Gasteiger partial charge is 0.315 e. The summed E-state index contributed by atoms with van der Waals surface area (Å²) < 4.78 is 0. The van der Waals surface area contributed by atoms with Crippen LogP contribution in [0.4, 0.5) is 4.79 Å². The minimum absolute atomic E-state index is 0.0462. The molecule has 150 valence electrons. The molecule has 0 aliphatic carbocycles. The molecule has 0 bridgehead atoms. The first-order valence-corrected chi connectivity index (χ1v) is 9.94. The van der Waals surface area contributed by atoms with E-state index in [9.17, 15) is 9.59 Å². The van der Waals surface area contributed by atoms with Crippen molar-refractivity contribution in [2.45, 2.75) is 45.6 Å².